The summed E-state index contributed by atoms with van der Waals surface area (Å²) in [7, 11) is 0. The molecule has 0 bridgehead atoms. The fourth-order valence-corrected chi connectivity index (χ4v) is 1.83. The first kappa shape index (κ1) is 13.2. The van der Waals surface area contributed by atoms with Crippen LogP contribution < -0.4 is 5.73 Å². The van der Waals surface area contributed by atoms with Gasteiger partial charge in [-0.15, -0.1) is 0 Å². The Kier molecular flexibility index (Phi) is 3.49. The summed E-state index contributed by atoms with van der Waals surface area (Å²) in [6.07, 6.45) is -3.52. The minimum absolute atomic E-state index is 0.0199. The largest absolute Gasteiger partial charge is 0.440 e. The van der Waals surface area contributed by atoms with Gasteiger partial charge < -0.3 is 10.2 Å². The van der Waals surface area contributed by atoms with Gasteiger partial charge in [0.15, 0.2) is 11.5 Å². The Morgan fingerprint density at radius 1 is 1.33 bits per heavy atom. The maximum atomic E-state index is 12.8. The van der Waals surface area contributed by atoms with Crippen LogP contribution in [-0.2, 0) is 12.6 Å². The van der Waals surface area contributed by atoms with Gasteiger partial charge >= 0.3 is 6.18 Å². The summed E-state index contributed by atoms with van der Waals surface area (Å²) in [6.45, 7) is 0.422. The third kappa shape index (κ3) is 2.59. The van der Waals surface area contributed by atoms with Crippen molar-refractivity contribution in [2.75, 3.05) is 6.54 Å². The van der Waals surface area contributed by atoms with Crippen LogP contribution in [0.5, 0.6) is 0 Å². The smallest absolute Gasteiger partial charge is 0.420 e. The van der Waals surface area contributed by atoms with E-state index in [9.17, 15) is 13.2 Å². The number of hydrogen-bond donors (Lipinski definition) is 1. The molecule has 2 rings (SSSR count). The third-order valence-electron chi connectivity index (χ3n) is 2.40. The zero-order valence-corrected chi connectivity index (χ0v) is 9.98. The van der Waals surface area contributed by atoms with Crippen molar-refractivity contribution in [1.82, 2.24) is 4.98 Å². The number of aromatic nitrogens is 1. The van der Waals surface area contributed by atoms with Crippen LogP contribution in [0, 0.1) is 0 Å². The number of hydrogen-bond acceptors (Lipinski definition) is 3. The van der Waals surface area contributed by atoms with E-state index in [1.807, 2.05) is 0 Å². The van der Waals surface area contributed by atoms with Crippen molar-refractivity contribution in [3.63, 3.8) is 0 Å². The number of aryl methyl sites for hydroxylation is 1. The molecule has 0 spiro atoms. The summed E-state index contributed by atoms with van der Waals surface area (Å²) in [5, 5.41) is -0.0199. The second-order valence-corrected chi connectivity index (χ2v) is 4.24. The van der Waals surface area contributed by atoms with Crippen LogP contribution in [0.4, 0.5) is 13.2 Å². The molecule has 0 aliphatic rings. The van der Waals surface area contributed by atoms with E-state index in [2.05, 4.69) is 4.98 Å². The Morgan fingerprint density at radius 2 is 2.06 bits per heavy atom. The minimum atomic E-state index is -4.52. The van der Waals surface area contributed by atoms with Crippen LogP contribution in [0.2, 0.25) is 5.02 Å². The van der Waals surface area contributed by atoms with Crippen molar-refractivity contribution >= 4 is 22.7 Å². The monoisotopic (exact) mass is 278 g/mol. The molecule has 7 heteroatoms. The van der Waals surface area contributed by atoms with Gasteiger partial charge in [-0.1, -0.05) is 11.6 Å². The van der Waals surface area contributed by atoms with Gasteiger partial charge in [0.2, 0.25) is 0 Å². The number of nitrogens with two attached hydrogens (primary N) is 1. The predicted molar refractivity (Wildman–Crippen MR) is 61.4 cm³/mol. The quantitative estimate of drug-likeness (QED) is 0.936. The van der Waals surface area contributed by atoms with Crippen molar-refractivity contribution in [3.05, 3.63) is 28.6 Å². The molecule has 0 aliphatic carbocycles. The van der Waals surface area contributed by atoms with Gasteiger partial charge in [0, 0.05) is 11.4 Å². The fraction of sp³-hybridized carbons (Fsp3) is 0.364. The van der Waals surface area contributed by atoms with Crippen molar-refractivity contribution in [1.29, 1.82) is 0 Å². The molecule has 0 atom stereocenters. The number of alkyl halides is 3. The van der Waals surface area contributed by atoms with Crippen LogP contribution in [0.1, 0.15) is 17.9 Å². The highest BCUT2D eigenvalue weighted by Gasteiger charge is 2.35. The SMILES string of the molecule is NCCCc1nc2cc(Cl)cc(C(F)(F)F)c2o1. The molecule has 2 aromatic rings. The van der Waals surface area contributed by atoms with Crippen molar-refractivity contribution < 1.29 is 17.6 Å². The Bertz CT molecular complexity index is 565. The summed E-state index contributed by atoms with van der Waals surface area (Å²) < 4.78 is 43.5. The first-order valence-corrected chi connectivity index (χ1v) is 5.66. The molecule has 3 nitrogen and oxygen atoms in total. The molecule has 0 fully saturated rings. The van der Waals surface area contributed by atoms with Gasteiger partial charge in [-0.25, -0.2) is 4.98 Å². The molecule has 0 saturated carbocycles. The Balaban J connectivity index is 2.53. The second-order valence-electron chi connectivity index (χ2n) is 3.80. The summed E-state index contributed by atoms with van der Waals surface area (Å²) in [5.41, 5.74) is 4.25. The minimum Gasteiger partial charge on any atom is -0.440 e. The Labute approximate surface area is 106 Å². The number of fused-ring (bicyclic) bond motifs is 1. The number of halogens is 4. The van der Waals surface area contributed by atoms with Gasteiger partial charge in [0.1, 0.15) is 11.1 Å². The van der Waals surface area contributed by atoms with Crippen molar-refractivity contribution in [2.45, 2.75) is 19.0 Å². The lowest BCUT2D eigenvalue weighted by Gasteiger charge is -2.06. The summed E-state index contributed by atoms with van der Waals surface area (Å²) in [5.74, 6) is 0.239. The lowest BCUT2D eigenvalue weighted by molar-refractivity contribution is -0.136. The van der Waals surface area contributed by atoms with E-state index in [-0.39, 0.29) is 22.0 Å². The van der Waals surface area contributed by atoms with E-state index in [1.165, 1.54) is 6.07 Å². The van der Waals surface area contributed by atoms with Gasteiger partial charge in [0.25, 0.3) is 0 Å². The summed E-state index contributed by atoms with van der Waals surface area (Å²) >= 11 is 5.64. The van der Waals surface area contributed by atoms with E-state index in [0.29, 0.717) is 19.4 Å². The third-order valence-corrected chi connectivity index (χ3v) is 2.62. The second kappa shape index (κ2) is 4.78. The first-order valence-electron chi connectivity index (χ1n) is 5.28. The lowest BCUT2D eigenvalue weighted by atomic mass is 10.2. The Morgan fingerprint density at radius 3 is 2.67 bits per heavy atom. The van der Waals surface area contributed by atoms with Gasteiger partial charge in [-0.2, -0.15) is 13.2 Å². The maximum Gasteiger partial charge on any atom is 0.420 e. The van der Waals surface area contributed by atoms with Crippen LogP contribution in [0.3, 0.4) is 0 Å². The zero-order valence-electron chi connectivity index (χ0n) is 9.22. The average Bonchev–Trinajstić information content (AvgIpc) is 2.66. The normalized spacial score (nSPS) is 12.3. The van der Waals surface area contributed by atoms with Crippen molar-refractivity contribution in [2.24, 2.45) is 5.73 Å². The Hall–Kier alpha value is -1.27. The number of nitrogens with zero attached hydrogens (tertiary/aromatic N) is 1. The van der Waals surface area contributed by atoms with Gasteiger partial charge in [-0.05, 0) is 25.1 Å². The molecule has 0 amide bonds. The number of oxazole rings is 1. The summed E-state index contributed by atoms with van der Waals surface area (Å²) in [4.78, 5) is 3.98. The van der Waals surface area contributed by atoms with E-state index in [1.54, 1.807) is 0 Å². The molecule has 18 heavy (non-hydrogen) atoms. The zero-order chi connectivity index (χ0) is 13.3. The van der Waals surface area contributed by atoms with E-state index in [0.717, 1.165) is 6.07 Å². The van der Waals surface area contributed by atoms with Crippen LogP contribution >= 0.6 is 11.6 Å². The van der Waals surface area contributed by atoms with E-state index in [4.69, 9.17) is 21.8 Å². The molecular formula is C11H10ClF3N2O. The van der Waals surface area contributed by atoms with Crippen LogP contribution in [0.15, 0.2) is 16.5 Å². The number of benzene rings is 1. The molecule has 1 aromatic carbocycles. The molecule has 1 aromatic heterocycles. The molecular weight excluding hydrogens is 269 g/mol. The van der Waals surface area contributed by atoms with Gasteiger partial charge in [-0.3, -0.25) is 0 Å². The van der Waals surface area contributed by atoms with E-state index < -0.39 is 11.7 Å². The lowest BCUT2D eigenvalue weighted by Crippen LogP contribution is -2.05. The van der Waals surface area contributed by atoms with Crippen LogP contribution in [0.25, 0.3) is 11.1 Å². The van der Waals surface area contributed by atoms with Crippen molar-refractivity contribution in [3.8, 4) is 0 Å². The average molecular weight is 279 g/mol. The molecule has 1 heterocycles. The first-order chi connectivity index (χ1) is 8.41. The molecule has 0 saturated heterocycles. The van der Waals surface area contributed by atoms with Gasteiger partial charge in [0.05, 0.1) is 0 Å². The molecule has 0 unspecified atom stereocenters. The highest BCUT2D eigenvalue weighted by atomic mass is 35.5. The molecule has 0 aliphatic heterocycles. The fourth-order valence-electron chi connectivity index (χ4n) is 1.62. The number of rotatable bonds is 3. The highest BCUT2D eigenvalue weighted by Crippen LogP contribution is 2.37. The molecule has 0 radical (unpaired) electrons. The summed E-state index contributed by atoms with van der Waals surface area (Å²) in [6, 6.07) is 2.18. The van der Waals surface area contributed by atoms with E-state index >= 15 is 0 Å². The highest BCUT2D eigenvalue weighted by molar-refractivity contribution is 6.31. The van der Waals surface area contributed by atoms with Crippen LogP contribution in [-0.4, -0.2) is 11.5 Å². The standard InChI is InChI=1S/C11H10ClF3N2O/c12-6-4-7(11(13,14)15)10-8(5-6)17-9(18-10)2-1-3-16/h4-5H,1-3,16H2. The topological polar surface area (TPSA) is 52.0 Å². The molecule has 2 N–H and O–H groups in total. The predicted octanol–water partition coefficient (Wildman–Crippen LogP) is 3.39. The molecule has 98 valence electrons. The maximum absolute atomic E-state index is 12.8.